The smallest absolute Gasteiger partial charge is 0.354 e. The number of ether oxygens (including phenoxy) is 2. The maximum absolute atomic E-state index is 11.7. The third-order valence-corrected chi connectivity index (χ3v) is 3.24. The number of rotatable bonds is 5. The molecule has 6 heteroatoms. The van der Waals surface area contributed by atoms with E-state index in [4.69, 9.17) is 4.74 Å². The molecule has 5 nitrogen and oxygen atoms in total. The van der Waals surface area contributed by atoms with Gasteiger partial charge >= 0.3 is 17.9 Å². The zero-order chi connectivity index (χ0) is 16.0. The van der Waals surface area contributed by atoms with E-state index in [2.05, 4.69) is 27.2 Å². The van der Waals surface area contributed by atoms with E-state index in [0.29, 0.717) is 5.56 Å². The normalized spacial score (nSPS) is 11.4. The molecule has 1 aromatic carbocycles. The first-order chi connectivity index (χ1) is 9.81. The van der Waals surface area contributed by atoms with Gasteiger partial charge in [-0.05, 0) is 25.5 Å². The van der Waals surface area contributed by atoms with E-state index in [9.17, 15) is 14.4 Å². The molecular weight excluding hydrogens is 340 g/mol. The maximum atomic E-state index is 11.7. The summed E-state index contributed by atoms with van der Waals surface area (Å²) < 4.78 is 10.2. The Bertz CT molecular complexity index is 579. The third-order valence-electron chi connectivity index (χ3n) is 2.47. The number of carbonyl (C=O) groups is 3. The lowest BCUT2D eigenvalue weighted by atomic mass is 10.1. The Morgan fingerprint density at radius 1 is 1.29 bits per heavy atom. The van der Waals surface area contributed by atoms with Gasteiger partial charge in [0.1, 0.15) is 0 Å². The molecule has 1 atom stereocenters. The van der Waals surface area contributed by atoms with Gasteiger partial charge < -0.3 is 9.47 Å². The summed E-state index contributed by atoms with van der Waals surface area (Å²) in [5, 5.41) is 0. The van der Waals surface area contributed by atoms with Crippen LogP contribution in [0.25, 0.3) is 0 Å². The molecule has 0 spiro atoms. The number of benzene rings is 1. The average molecular weight is 355 g/mol. The van der Waals surface area contributed by atoms with Crippen molar-refractivity contribution in [2.24, 2.45) is 0 Å². The Hall–Kier alpha value is -1.95. The predicted molar refractivity (Wildman–Crippen MR) is 79.3 cm³/mol. The zero-order valence-corrected chi connectivity index (χ0v) is 13.3. The summed E-state index contributed by atoms with van der Waals surface area (Å²) in [5.41, 5.74) is 0.857. The molecule has 21 heavy (non-hydrogen) atoms. The molecule has 112 valence electrons. The quantitative estimate of drug-likeness (QED) is 0.461. The van der Waals surface area contributed by atoms with Crippen molar-refractivity contribution in [3.63, 3.8) is 0 Å². The van der Waals surface area contributed by atoms with E-state index in [1.807, 2.05) is 6.07 Å². The highest BCUT2D eigenvalue weighted by atomic mass is 79.9. The summed E-state index contributed by atoms with van der Waals surface area (Å²) in [6, 6.07) is 7.09. The van der Waals surface area contributed by atoms with Crippen LogP contribution in [0.4, 0.5) is 0 Å². The fraction of sp³-hybridized carbons (Fsp3) is 0.267. The van der Waals surface area contributed by atoms with Crippen LogP contribution in [0, 0.1) is 0 Å². The monoisotopic (exact) mass is 354 g/mol. The van der Waals surface area contributed by atoms with Gasteiger partial charge in [0.25, 0.3) is 0 Å². The second-order valence-corrected chi connectivity index (χ2v) is 5.24. The Morgan fingerprint density at radius 2 is 1.90 bits per heavy atom. The predicted octanol–water partition coefficient (Wildman–Crippen LogP) is 2.57. The number of esters is 3. The van der Waals surface area contributed by atoms with Crippen LogP contribution >= 0.6 is 15.9 Å². The van der Waals surface area contributed by atoms with E-state index in [1.54, 1.807) is 18.2 Å². The molecule has 0 N–H and O–H groups in total. The zero-order valence-electron chi connectivity index (χ0n) is 11.7. The molecule has 1 rings (SSSR count). The number of hydrogen-bond acceptors (Lipinski definition) is 5. The molecule has 0 aliphatic carbocycles. The van der Waals surface area contributed by atoms with Gasteiger partial charge in [0, 0.05) is 10.0 Å². The highest BCUT2D eigenvalue weighted by Gasteiger charge is 2.22. The van der Waals surface area contributed by atoms with Gasteiger partial charge in [-0.15, -0.1) is 0 Å². The van der Waals surface area contributed by atoms with E-state index < -0.39 is 24.0 Å². The molecule has 0 saturated carbocycles. The molecule has 0 saturated heterocycles. The number of carbonyl (C=O) groups excluding carboxylic acids is 3. The first-order valence-electron chi connectivity index (χ1n) is 6.15. The standard InChI is InChI=1S/C15H15BrO5/c1-9(2)14(18)20-10(3)15(19)21-13(17)8-11-6-4-5-7-12(11)16/h4-7,10H,1,8H2,2-3H3. The van der Waals surface area contributed by atoms with E-state index in [-0.39, 0.29) is 12.0 Å². The summed E-state index contributed by atoms with van der Waals surface area (Å²) >= 11 is 3.30. The first-order valence-corrected chi connectivity index (χ1v) is 6.95. The van der Waals surface area contributed by atoms with Gasteiger partial charge in [0.2, 0.25) is 0 Å². The van der Waals surface area contributed by atoms with Crippen LogP contribution in [-0.2, 0) is 30.3 Å². The van der Waals surface area contributed by atoms with Crippen LogP contribution in [0.15, 0.2) is 40.9 Å². The molecular formula is C15H15BrO5. The summed E-state index contributed by atoms with van der Waals surface area (Å²) in [5.74, 6) is -2.34. The topological polar surface area (TPSA) is 69.7 Å². The maximum Gasteiger partial charge on any atom is 0.354 e. The SMILES string of the molecule is C=C(C)C(=O)OC(C)C(=O)OC(=O)Cc1ccccc1Br. The fourth-order valence-corrected chi connectivity index (χ4v) is 1.76. The minimum absolute atomic E-state index is 0.0612. The molecule has 0 bridgehead atoms. The van der Waals surface area contributed by atoms with Crippen molar-refractivity contribution in [1.29, 1.82) is 0 Å². The van der Waals surface area contributed by atoms with Gasteiger partial charge in [0.15, 0.2) is 6.10 Å². The molecule has 0 radical (unpaired) electrons. The summed E-state index contributed by atoms with van der Waals surface area (Å²) in [6.45, 7) is 6.18. The number of halogens is 1. The minimum atomic E-state index is -1.17. The van der Waals surface area contributed by atoms with Crippen molar-refractivity contribution < 1.29 is 23.9 Å². The molecule has 0 amide bonds. The van der Waals surface area contributed by atoms with Crippen LogP contribution in [0.1, 0.15) is 19.4 Å². The molecule has 0 heterocycles. The van der Waals surface area contributed by atoms with Gasteiger partial charge in [-0.3, -0.25) is 4.79 Å². The summed E-state index contributed by atoms with van der Waals surface area (Å²) in [4.78, 5) is 34.6. The number of hydrogen-bond donors (Lipinski definition) is 0. The average Bonchev–Trinajstić information content (AvgIpc) is 2.40. The molecule has 0 aliphatic heterocycles. The second-order valence-electron chi connectivity index (χ2n) is 4.39. The van der Waals surface area contributed by atoms with Crippen LogP contribution in [0.3, 0.4) is 0 Å². The van der Waals surface area contributed by atoms with Crippen LogP contribution in [0.2, 0.25) is 0 Å². The minimum Gasteiger partial charge on any atom is -0.447 e. The molecule has 0 aromatic heterocycles. The van der Waals surface area contributed by atoms with E-state index >= 15 is 0 Å². The lowest BCUT2D eigenvalue weighted by Crippen LogP contribution is -2.29. The van der Waals surface area contributed by atoms with Crippen LogP contribution < -0.4 is 0 Å². The van der Waals surface area contributed by atoms with Crippen molar-refractivity contribution in [2.45, 2.75) is 26.4 Å². The van der Waals surface area contributed by atoms with E-state index in [1.165, 1.54) is 13.8 Å². The van der Waals surface area contributed by atoms with Gasteiger partial charge in [-0.2, -0.15) is 0 Å². The van der Waals surface area contributed by atoms with Gasteiger partial charge in [-0.25, -0.2) is 9.59 Å². The lowest BCUT2D eigenvalue weighted by Gasteiger charge is -2.11. The fourth-order valence-electron chi connectivity index (χ4n) is 1.34. The lowest BCUT2D eigenvalue weighted by molar-refractivity contribution is -0.171. The van der Waals surface area contributed by atoms with Crippen molar-refractivity contribution in [3.05, 3.63) is 46.5 Å². The van der Waals surface area contributed by atoms with Gasteiger partial charge in [0.05, 0.1) is 6.42 Å². The molecule has 0 aliphatic rings. The Balaban J connectivity index is 2.54. The van der Waals surface area contributed by atoms with E-state index in [0.717, 1.165) is 4.47 Å². The molecule has 1 unspecified atom stereocenters. The van der Waals surface area contributed by atoms with Crippen molar-refractivity contribution >= 4 is 33.8 Å². The molecule has 0 fully saturated rings. The second kappa shape index (κ2) is 7.73. The first kappa shape index (κ1) is 17.1. The molecule has 1 aromatic rings. The van der Waals surface area contributed by atoms with Crippen LogP contribution in [0.5, 0.6) is 0 Å². The Morgan fingerprint density at radius 3 is 2.48 bits per heavy atom. The summed E-state index contributed by atoms with van der Waals surface area (Å²) in [7, 11) is 0. The van der Waals surface area contributed by atoms with Crippen molar-refractivity contribution in [1.82, 2.24) is 0 Å². The van der Waals surface area contributed by atoms with Crippen molar-refractivity contribution in [3.8, 4) is 0 Å². The highest BCUT2D eigenvalue weighted by molar-refractivity contribution is 9.10. The Kier molecular flexibility index (Phi) is 6.30. The summed E-state index contributed by atoms with van der Waals surface area (Å²) in [6.07, 6.45) is -1.23. The van der Waals surface area contributed by atoms with Crippen LogP contribution in [-0.4, -0.2) is 24.0 Å². The van der Waals surface area contributed by atoms with Gasteiger partial charge in [-0.1, -0.05) is 40.7 Å². The largest absolute Gasteiger partial charge is 0.447 e. The Labute approximate surface area is 131 Å². The highest BCUT2D eigenvalue weighted by Crippen LogP contribution is 2.16. The third kappa shape index (κ3) is 5.51. The van der Waals surface area contributed by atoms with Crippen molar-refractivity contribution in [2.75, 3.05) is 0 Å².